The van der Waals surface area contributed by atoms with Gasteiger partial charge in [-0.25, -0.2) is 0 Å². The normalized spacial score (nSPS) is 21.6. The van der Waals surface area contributed by atoms with E-state index in [0.29, 0.717) is 12.1 Å². The molecule has 1 aromatic rings. The van der Waals surface area contributed by atoms with Crippen LogP contribution in [0.4, 0.5) is 0 Å². The van der Waals surface area contributed by atoms with Crippen molar-refractivity contribution in [3.63, 3.8) is 0 Å². The van der Waals surface area contributed by atoms with Crippen LogP contribution in [0, 0.1) is 6.92 Å². The summed E-state index contributed by atoms with van der Waals surface area (Å²) in [5.41, 5.74) is 0. The Morgan fingerprint density at radius 2 is 2.18 bits per heavy atom. The van der Waals surface area contributed by atoms with Gasteiger partial charge in [-0.2, -0.15) is 0 Å². The summed E-state index contributed by atoms with van der Waals surface area (Å²) < 4.78 is 5.50. The van der Waals surface area contributed by atoms with E-state index in [1.165, 1.54) is 22.6 Å². The van der Waals surface area contributed by atoms with Gasteiger partial charge in [0.2, 0.25) is 0 Å². The molecule has 122 valence electrons. The quantitative estimate of drug-likeness (QED) is 0.641. The molecule has 0 radical (unpaired) electrons. The molecule has 1 unspecified atom stereocenters. The molecule has 1 aliphatic carbocycles. The van der Waals surface area contributed by atoms with E-state index >= 15 is 0 Å². The molecule has 6 heteroatoms. The van der Waals surface area contributed by atoms with Crippen molar-refractivity contribution in [2.45, 2.75) is 31.8 Å². The Bertz CT molecular complexity index is 506. The van der Waals surface area contributed by atoms with Crippen LogP contribution in [0.25, 0.3) is 0 Å². The van der Waals surface area contributed by atoms with Gasteiger partial charge in [-0.05, 0) is 31.9 Å². The van der Waals surface area contributed by atoms with Crippen LogP contribution in [0.5, 0.6) is 0 Å². The lowest BCUT2D eigenvalue weighted by Crippen LogP contribution is -2.46. The number of thiophene rings is 1. The number of aliphatic imine (C=N–C) groups is 1. The summed E-state index contributed by atoms with van der Waals surface area (Å²) in [4.78, 5) is 9.65. The van der Waals surface area contributed by atoms with Gasteiger partial charge >= 0.3 is 0 Å². The summed E-state index contributed by atoms with van der Waals surface area (Å²) >= 11 is 1.89. The molecule has 2 N–H and O–H groups in total. The van der Waals surface area contributed by atoms with Crippen molar-refractivity contribution in [1.82, 2.24) is 15.5 Å². The Morgan fingerprint density at radius 1 is 1.41 bits per heavy atom. The number of aryl methyl sites for hydroxylation is 1. The Hall–Kier alpha value is -1.11. The first-order chi connectivity index (χ1) is 10.8. The average molecular weight is 322 g/mol. The van der Waals surface area contributed by atoms with Gasteiger partial charge in [0.25, 0.3) is 0 Å². The van der Waals surface area contributed by atoms with Gasteiger partial charge in [0.1, 0.15) is 0 Å². The third kappa shape index (κ3) is 4.21. The van der Waals surface area contributed by atoms with Gasteiger partial charge < -0.3 is 15.4 Å². The second-order valence-electron chi connectivity index (χ2n) is 5.98. The molecular weight excluding hydrogens is 296 g/mol. The fraction of sp³-hybridized carbons (Fsp3) is 0.688. The second-order valence-corrected chi connectivity index (χ2v) is 7.30. The van der Waals surface area contributed by atoms with E-state index in [2.05, 4.69) is 39.6 Å². The van der Waals surface area contributed by atoms with Gasteiger partial charge in [0, 0.05) is 42.5 Å². The molecular formula is C16H26N4OS. The number of hydrogen-bond donors (Lipinski definition) is 2. The number of morpholine rings is 1. The molecule has 2 aliphatic rings. The first-order valence-electron chi connectivity index (χ1n) is 8.11. The molecule has 22 heavy (non-hydrogen) atoms. The van der Waals surface area contributed by atoms with E-state index < -0.39 is 0 Å². The monoisotopic (exact) mass is 322 g/mol. The van der Waals surface area contributed by atoms with Gasteiger partial charge in [0.15, 0.2) is 5.96 Å². The van der Waals surface area contributed by atoms with Crippen LogP contribution in [0.2, 0.25) is 0 Å². The summed E-state index contributed by atoms with van der Waals surface area (Å²) in [5, 5.41) is 6.96. The van der Waals surface area contributed by atoms with Crippen LogP contribution >= 0.6 is 11.3 Å². The van der Waals surface area contributed by atoms with Gasteiger partial charge in [-0.15, -0.1) is 11.3 Å². The van der Waals surface area contributed by atoms with Crippen molar-refractivity contribution >= 4 is 17.3 Å². The highest BCUT2D eigenvalue weighted by Crippen LogP contribution is 2.28. The summed E-state index contributed by atoms with van der Waals surface area (Å²) in [6.07, 6.45) is 2.52. The lowest BCUT2D eigenvalue weighted by Gasteiger charge is -2.34. The Labute approximate surface area is 136 Å². The molecule has 3 rings (SSSR count). The van der Waals surface area contributed by atoms with Gasteiger partial charge in [0.05, 0.1) is 19.3 Å². The Kier molecular flexibility index (Phi) is 5.33. The predicted molar refractivity (Wildman–Crippen MR) is 91.7 cm³/mol. The molecule has 1 aliphatic heterocycles. The van der Waals surface area contributed by atoms with Crippen LogP contribution < -0.4 is 10.6 Å². The molecule has 0 bridgehead atoms. The zero-order valence-electron chi connectivity index (χ0n) is 13.5. The molecule has 1 atom stereocenters. The van der Waals surface area contributed by atoms with Crippen LogP contribution in [0.3, 0.4) is 0 Å². The maximum Gasteiger partial charge on any atom is 0.191 e. The minimum atomic E-state index is 0.389. The smallest absolute Gasteiger partial charge is 0.191 e. The fourth-order valence-corrected chi connectivity index (χ4v) is 3.75. The van der Waals surface area contributed by atoms with Crippen molar-refractivity contribution in [2.75, 3.05) is 39.9 Å². The minimum Gasteiger partial charge on any atom is -0.379 e. The number of nitrogens with one attached hydrogen (secondary N) is 2. The molecule has 5 nitrogen and oxygen atoms in total. The van der Waals surface area contributed by atoms with E-state index in [1.54, 1.807) is 0 Å². The summed E-state index contributed by atoms with van der Waals surface area (Å²) in [5.74, 6) is 0.925. The van der Waals surface area contributed by atoms with Crippen molar-refractivity contribution in [2.24, 2.45) is 4.99 Å². The van der Waals surface area contributed by atoms with E-state index in [1.807, 2.05) is 18.4 Å². The number of guanidine groups is 1. The molecule has 2 fully saturated rings. The summed E-state index contributed by atoms with van der Waals surface area (Å²) in [7, 11) is 1.84. The van der Waals surface area contributed by atoms with Crippen molar-refractivity contribution in [1.29, 1.82) is 0 Å². The minimum absolute atomic E-state index is 0.389. The molecule has 1 saturated heterocycles. The van der Waals surface area contributed by atoms with Crippen LogP contribution in [-0.2, 0) is 4.74 Å². The predicted octanol–water partition coefficient (Wildman–Crippen LogP) is 1.76. The first-order valence-corrected chi connectivity index (χ1v) is 8.93. The van der Waals surface area contributed by atoms with E-state index in [9.17, 15) is 0 Å². The first kappa shape index (κ1) is 15.8. The highest BCUT2D eigenvalue weighted by Gasteiger charge is 2.26. The van der Waals surface area contributed by atoms with E-state index in [4.69, 9.17) is 4.74 Å². The Morgan fingerprint density at radius 3 is 2.77 bits per heavy atom. The fourth-order valence-electron chi connectivity index (χ4n) is 2.74. The maximum absolute atomic E-state index is 5.50. The van der Waals surface area contributed by atoms with Crippen molar-refractivity contribution in [3.8, 4) is 0 Å². The highest BCUT2D eigenvalue weighted by atomic mass is 32.1. The third-order valence-corrected chi connectivity index (χ3v) is 5.28. The number of hydrogen-bond acceptors (Lipinski definition) is 4. The van der Waals surface area contributed by atoms with Gasteiger partial charge in [-0.1, -0.05) is 0 Å². The third-order valence-electron chi connectivity index (χ3n) is 4.18. The maximum atomic E-state index is 5.50. The number of ether oxygens (including phenoxy) is 1. The average Bonchev–Trinajstić information content (AvgIpc) is 3.27. The number of nitrogens with zero attached hydrogens (tertiary/aromatic N) is 2. The molecule has 1 saturated carbocycles. The number of rotatable bonds is 5. The molecule has 1 aromatic heterocycles. The lowest BCUT2D eigenvalue weighted by atomic mass is 10.2. The lowest BCUT2D eigenvalue weighted by molar-refractivity contribution is 0.0177. The summed E-state index contributed by atoms with van der Waals surface area (Å²) in [6, 6.07) is 5.49. The standard InChI is InChI=1S/C16H26N4OS/c1-12-3-6-15(22-12)14(20-7-9-21-10-8-20)11-18-16(17-2)19-13-4-5-13/h3,6,13-14H,4-5,7-11H2,1-2H3,(H2,17,18,19). The molecule has 0 aromatic carbocycles. The Balaban J connectivity index is 1.64. The van der Waals surface area contributed by atoms with E-state index in [-0.39, 0.29) is 0 Å². The van der Waals surface area contributed by atoms with Crippen LogP contribution in [-0.4, -0.2) is 56.8 Å². The zero-order valence-corrected chi connectivity index (χ0v) is 14.3. The molecule has 0 spiro atoms. The zero-order chi connectivity index (χ0) is 15.4. The molecule has 2 heterocycles. The largest absolute Gasteiger partial charge is 0.379 e. The highest BCUT2D eigenvalue weighted by molar-refractivity contribution is 7.12. The van der Waals surface area contributed by atoms with Crippen molar-refractivity contribution in [3.05, 3.63) is 21.9 Å². The topological polar surface area (TPSA) is 48.9 Å². The van der Waals surface area contributed by atoms with Crippen molar-refractivity contribution < 1.29 is 4.74 Å². The molecule has 0 amide bonds. The summed E-state index contributed by atoms with van der Waals surface area (Å²) in [6.45, 7) is 6.71. The van der Waals surface area contributed by atoms with Crippen LogP contribution in [0.15, 0.2) is 17.1 Å². The second kappa shape index (κ2) is 7.44. The van der Waals surface area contributed by atoms with Crippen LogP contribution in [0.1, 0.15) is 28.6 Å². The van der Waals surface area contributed by atoms with Gasteiger partial charge in [-0.3, -0.25) is 9.89 Å². The SMILES string of the molecule is CN=C(NCC(c1ccc(C)s1)N1CCOCC1)NC1CC1. The van der Waals surface area contributed by atoms with E-state index in [0.717, 1.165) is 38.8 Å².